The zero-order chi connectivity index (χ0) is 11.4. The molecule has 0 bridgehead atoms. The fraction of sp³-hybridized carbons (Fsp3) is 0.625. The summed E-state index contributed by atoms with van der Waals surface area (Å²) in [6.07, 6.45) is -1.13. The van der Waals surface area contributed by atoms with Crippen LogP contribution in [0, 0.1) is 0 Å². The van der Waals surface area contributed by atoms with E-state index in [1.807, 2.05) is 5.32 Å². The van der Waals surface area contributed by atoms with Gasteiger partial charge in [-0.25, -0.2) is 9.59 Å². The second-order valence-corrected chi connectivity index (χ2v) is 2.87. The van der Waals surface area contributed by atoms with Crippen LogP contribution >= 0.6 is 0 Å². The first-order chi connectivity index (χ1) is 7.06. The van der Waals surface area contributed by atoms with Crippen molar-refractivity contribution >= 4 is 17.8 Å². The van der Waals surface area contributed by atoms with Crippen molar-refractivity contribution in [1.29, 1.82) is 0 Å². The van der Waals surface area contributed by atoms with Crippen LogP contribution in [0.25, 0.3) is 0 Å². The molecule has 1 aliphatic rings. The summed E-state index contributed by atoms with van der Waals surface area (Å²) < 4.78 is 8.86. The molecule has 0 spiro atoms. The molecular weight excluding hydrogens is 206 g/mol. The smallest absolute Gasteiger partial charge is 0.396 e. The number of carbonyl (C=O) groups excluding carboxylic acids is 3. The van der Waals surface area contributed by atoms with Gasteiger partial charge in [-0.05, 0) is 6.92 Å². The van der Waals surface area contributed by atoms with Gasteiger partial charge < -0.3 is 19.9 Å². The van der Waals surface area contributed by atoms with Gasteiger partial charge in [0.05, 0.1) is 6.61 Å². The van der Waals surface area contributed by atoms with Crippen LogP contribution in [0.15, 0.2) is 0 Å². The summed E-state index contributed by atoms with van der Waals surface area (Å²) in [6, 6.07) is -1.19. The van der Waals surface area contributed by atoms with Crippen molar-refractivity contribution < 1.29 is 29.0 Å². The van der Waals surface area contributed by atoms with Gasteiger partial charge in [0, 0.05) is 0 Å². The standard InChI is InChI=1S/C8H11NO6/c1-2-14-8(13)6(11)9-5-4(10)3-15-7(5)12/h4-5,10H,2-3H2,1H3,(H,9,11)/t4-,5-/m0/s1. The van der Waals surface area contributed by atoms with Crippen LogP contribution < -0.4 is 5.32 Å². The van der Waals surface area contributed by atoms with Gasteiger partial charge in [0.25, 0.3) is 0 Å². The number of nitrogens with one attached hydrogen (secondary N) is 1. The van der Waals surface area contributed by atoms with E-state index in [2.05, 4.69) is 9.47 Å². The molecule has 0 saturated carbocycles. The summed E-state index contributed by atoms with van der Waals surface area (Å²) >= 11 is 0. The molecule has 1 fully saturated rings. The van der Waals surface area contributed by atoms with Crippen LogP contribution in [-0.4, -0.2) is 48.3 Å². The van der Waals surface area contributed by atoms with E-state index in [1.165, 1.54) is 0 Å². The number of amides is 1. The molecule has 0 aromatic carbocycles. The predicted molar refractivity (Wildman–Crippen MR) is 45.5 cm³/mol. The van der Waals surface area contributed by atoms with Crippen LogP contribution in [0.5, 0.6) is 0 Å². The Bertz CT molecular complexity index is 289. The molecule has 0 aromatic rings. The molecule has 0 radical (unpaired) electrons. The van der Waals surface area contributed by atoms with Gasteiger partial charge in [0.15, 0.2) is 6.04 Å². The minimum Gasteiger partial charge on any atom is -0.461 e. The molecule has 1 amide bonds. The molecular formula is C8H11NO6. The zero-order valence-corrected chi connectivity index (χ0v) is 8.06. The highest BCUT2D eigenvalue weighted by Gasteiger charge is 2.38. The number of carbonyl (C=O) groups is 3. The first kappa shape index (κ1) is 11.4. The van der Waals surface area contributed by atoms with E-state index in [1.54, 1.807) is 6.92 Å². The van der Waals surface area contributed by atoms with Crippen molar-refractivity contribution in [3.05, 3.63) is 0 Å². The molecule has 1 heterocycles. The summed E-state index contributed by atoms with van der Waals surface area (Å²) in [5.74, 6) is -2.93. The maximum Gasteiger partial charge on any atom is 0.396 e. The number of ether oxygens (including phenoxy) is 2. The van der Waals surface area contributed by atoms with Crippen LogP contribution in [-0.2, 0) is 23.9 Å². The maximum absolute atomic E-state index is 11.1. The fourth-order valence-electron chi connectivity index (χ4n) is 1.06. The number of cyclic esters (lactones) is 1. The average molecular weight is 217 g/mol. The zero-order valence-electron chi connectivity index (χ0n) is 8.06. The second-order valence-electron chi connectivity index (χ2n) is 2.87. The van der Waals surface area contributed by atoms with Gasteiger partial charge in [0.1, 0.15) is 12.7 Å². The summed E-state index contributed by atoms with van der Waals surface area (Å²) in [4.78, 5) is 32.9. The van der Waals surface area contributed by atoms with E-state index in [0.717, 1.165) is 0 Å². The topological polar surface area (TPSA) is 102 Å². The Hall–Kier alpha value is -1.63. The molecule has 84 valence electrons. The lowest BCUT2D eigenvalue weighted by Gasteiger charge is -2.10. The molecule has 7 heteroatoms. The fourth-order valence-corrected chi connectivity index (χ4v) is 1.06. The molecule has 15 heavy (non-hydrogen) atoms. The van der Waals surface area contributed by atoms with Crippen LogP contribution in [0.1, 0.15) is 6.92 Å². The minimum atomic E-state index is -1.19. The number of hydrogen-bond acceptors (Lipinski definition) is 6. The van der Waals surface area contributed by atoms with Crippen LogP contribution in [0.4, 0.5) is 0 Å². The third-order valence-electron chi connectivity index (χ3n) is 1.78. The molecule has 1 rings (SSSR count). The van der Waals surface area contributed by atoms with E-state index < -0.39 is 30.0 Å². The minimum absolute atomic E-state index is 0.0594. The van der Waals surface area contributed by atoms with E-state index in [-0.39, 0.29) is 13.2 Å². The van der Waals surface area contributed by atoms with E-state index in [0.29, 0.717) is 0 Å². The van der Waals surface area contributed by atoms with Crippen LogP contribution in [0.3, 0.4) is 0 Å². The summed E-state index contributed by atoms with van der Waals surface area (Å²) in [5, 5.41) is 11.2. The molecule has 2 atom stereocenters. The Kier molecular flexibility index (Phi) is 3.62. The van der Waals surface area contributed by atoms with Gasteiger partial charge in [-0.15, -0.1) is 0 Å². The van der Waals surface area contributed by atoms with Gasteiger partial charge >= 0.3 is 17.8 Å². The monoisotopic (exact) mass is 217 g/mol. The Morgan fingerprint density at radius 1 is 1.67 bits per heavy atom. The second kappa shape index (κ2) is 4.74. The highest BCUT2D eigenvalue weighted by molar-refractivity contribution is 6.32. The van der Waals surface area contributed by atoms with E-state index in [4.69, 9.17) is 0 Å². The van der Waals surface area contributed by atoms with E-state index >= 15 is 0 Å². The molecule has 0 unspecified atom stereocenters. The highest BCUT2D eigenvalue weighted by atomic mass is 16.6. The van der Waals surface area contributed by atoms with E-state index in [9.17, 15) is 19.5 Å². The number of aliphatic hydroxyl groups excluding tert-OH is 1. The Morgan fingerprint density at radius 3 is 2.80 bits per heavy atom. The lowest BCUT2D eigenvalue weighted by atomic mass is 10.2. The molecule has 0 aromatic heterocycles. The average Bonchev–Trinajstić information content (AvgIpc) is 2.49. The summed E-state index contributed by atoms with van der Waals surface area (Å²) in [6.45, 7) is 1.42. The molecule has 7 nitrogen and oxygen atoms in total. The van der Waals surface area contributed by atoms with Crippen LogP contribution in [0.2, 0.25) is 0 Å². The van der Waals surface area contributed by atoms with Crippen molar-refractivity contribution in [1.82, 2.24) is 5.32 Å². The summed E-state index contributed by atoms with van der Waals surface area (Å²) in [5.41, 5.74) is 0. The van der Waals surface area contributed by atoms with Crippen molar-refractivity contribution in [2.75, 3.05) is 13.2 Å². The highest BCUT2D eigenvalue weighted by Crippen LogP contribution is 2.06. The third kappa shape index (κ3) is 2.66. The normalized spacial score (nSPS) is 24.5. The van der Waals surface area contributed by atoms with Gasteiger partial charge in [-0.2, -0.15) is 0 Å². The summed E-state index contributed by atoms with van der Waals surface area (Å²) in [7, 11) is 0. The Morgan fingerprint density at radius 2 is 2.33 bits per heavy atom. The SMILES string of the molecule is CCOC(=O)C(=O)N[C@@H]1C(=O)OC[C@@H]1O. The number of aliphatic hydroxyl groups is 1. The van der Waals surface area contributed by atoms with Crippen molar-refractivity contribution in [3.63, 3.8) is 0 Å². The lowest BCUT2D eigenvalue weighted by Crippen LogP contribution is -2.47. The Balaban J connectivity index is 2.50. The lowest BCUT2D eigenvalue weighted by molar-refractivity contribution is -0.155. The van der Waals surface area contributed by atoms with Gasteiger partial charge in [-0.3, -0.25) is 4.79 Å². The largest absolute Gasteiger partial charge is 0.461 e. The quantitative estimate of drug-likeness (QED) is 0.408. The number of rotatable bonds is 2. The third-order valence-corrected chi connectivity index (χ3v) is 1.78. The Labute approximate surface area is 85.3 Å². The first-order valence-corrected chi connectivity index (χ1v) is 4.38. The van der Waals surface area contributed by atoms with Crippen molar-refractivity contribution in [3.8, 4) is 0 Å². The molecule has 1 saturated heterocycles. The molecule has 1 aliphatic heterocycles. The predicted octanol–water partition coefficient (Wildman–Crippen LogP) is -2.05. The van der Waals surface area contributed by atoms with Gasteiger partial charge in [0.2, 0.25) is 0 Å². The number of hydrogen-bond donors (Lipinski definition) is 2. The molecule has 2 N–H and O–H groups in total. The van der Waals surface area contributed by atoms with Crippen molar-refractivity contribution in [2.24, 2.45) is 0 Å². The number of esters is 2. The van der Waals surface area contributed by atoms with Gasteiger partial charge in [-0.1, -0.05) is 0 Å². The molecule has 0 aliphatic carbocycles. The maximum atomic E-state index is 11.1. The first-order valence-electron chi connectivity index (χ1n) is 4.38. The van der Waals surface area contributed by atoms with Crippen molar-refractivity contribution in [2.45, 2.75) is 19.1 Å².